The number of anilines is 1. The summed E-state index contributed by atoms with van der Waals surface area (Å²) in [6, 6.07) is 22.5. The lowest BCUT2D eigenvalue weighted by molar-refractivity contribution is -0.120. The molecule has 162 valence electrons. The Labute approximate surface area is 195 Å². The van der Waals surface area contributed by atoms with Gasteiger partial charge in [0.05, 0.1) is 17.7 Å². The first-order valence-electron chi connectivity index (χ1n) is 10.3. The topological polar surface area (TPSA) is 71.1 Å². The summed E-state index contributed by atoms with van der Waals surface area (Å²) < 4.78 is 0. The van der Waals surface area contributed by atoms with Gasteiger partial charge in [-0.1, -0.05) is 60.7 Å². The molecular formula is C25H23N3O2S2. The van der Waals surface area contributed by atoms with E-state index < -0.39 is 0 Å². The van der Waals surface area contributed by atoms with Crippen molar-refractivity contribution in [1.82, 2.24) is 10.3 Å². The van der Waals surface area contributed by atoms with Gasteiger partial charge in [0, 0.05) is 23.2 Å². The molecule has 0 fully saturated rings. The van der Waals surface area contributed by atoms with E-state index in [-0.39, 0.29) is 24.2 Å². The van der Waals surface area contributed by atoms with E-state index in [1.165, 1.54) is 33.8 Å². The van der Waals surface area contributed by atoms with Gasteiger partial charge < -0.3 is 5.32 Å². The lowest BCUT2D eigenvalue weighted by Gasteiger charge is -2.18. The molecule has 0 aliphatic carbocycles. The Balaban J connectivity index is 1.30. The Morgan fingerprint density at radius 3 is 2.22 bits per heavy atom. The van der Waals surface area contributed by atoms with E-state index in [4.69, 9.17) is 0 Å². The summed E-state index contributed by atoms with van der Waals surface area (Å²) in [4.78, 5) is 28.9. The molecule has 4 rings (SSSR count). The molecule has 0 saturated heterocycles. The summed E-state index contributed by atoms with van der Waals surface area (Å²) in [5.74, 6) is -0.0498. The summed E-state index contributed by atoms with van der Waals surface area (Å²) in [5, 5.41) is 11.7. The van der Waals surface area contributed by atoms with Crippen LogP contribution in [0.2, 0.25) is 0 Å². The number of carbonyl (C=O) groups is 2. The van der Waals surface area contributed by atoms with E-state index in [1.54, 1.807) is 16.8 Å². The van der Waals surface area contributed by atoms with Crippen LogP contribution >= 0.6 is 22.7 Å². The number of hydrogen-bond acceptors (Lipinski definition) is 5. The number of nitrogens with zero attached hydrogens (tertiary/aromatic N) is 1. The number of thiophene rings is 1. The minimum absolute atomic E-state index is 0.0779. The van der Waals surface area contributed by atoms with Crippen LogP contribution in [0.25, 0.3) is 0 Å². The van der Waals surface area contributed by atoms with Gasteiger partial charge in [-0.25, -0.2) is 4.98 Å². The van der Waals surface area contributed by atoms with Crippen molar-refractivity contribution in [2.24, 2.45) is 0 Å². The van der Waals surface area contributed by atoms with Crippen LogP contribution in [0.1, 0.15) is 39.5 Å². The average molecular weight is 462 g/mol. The zero-order valence-electron chi connectivity index (χ0n) is 17.4. The normalized spacial score (nSPS) is 10.8. The third kappa shape index (κ3) is 5.90. The molecule has 0 saturated carbocycles. The van der Waals surface area contributed by atoms with E-state index in [9.17, 15) is 9.59 Å². The van der Waals surface area contributed by atoms with E-state index in [0.717, 1.165) is 6.42 Å². The molecule has 0 aliphatic rings. The molecule has 2 heterocycles. The molecule has 2 amide bonds. The van der Waals surface area contributed by atoms with Gasteiger partial charge in [0.2, 0.25) is 5.91 Å². The zero-order valence-corrected chi connectivity index (χ0v) is 19.0. The molecule has 0 spiro atoms. The van der Waals surface area contributed by atoms with Crippen LogP contribution < -0.4 is 10.6 Å². The lowest BCUT2D eigenvalue weighted by atomic mass is 9.88. The predicted molar refractivity (Wildman–Crippen MR) is 130 cm³/mol. The van der Waals surface area contributed by atoms with Gasteiger partial charge in [0.25, 0.3) is 5.91 Å². The second kappa shape index (κ2) is 10.8. The van der Waals surface area contributed by atoms with Crippen LogP contribution in [0, 0.1) is 0 Å². The van der Waals surface area contributed by atoms with Gasteiger partial charge in [-0.05, 0) is 29.0 Å². The van der Waals surface area contributed by atoms with E-state index in [0.29, 0.717) is 22.9 Å². The molecule has 5 nitrogen and oxygen atoms in total. The molecule has 0 unspecified atom stereocenters. The van der Waals surface area contributed by atoms with Crippen molar-refractivity contribution in [2.45, 2.75) is 18.8 Å². The van der Waals surface area contributed by atoms with Crippen LogP contribution in [0.5, 0.6) is 0 Å². The van der Waals surface area contributed by atoms with E-state index in [1.807, 2.05) is 41.8 Å². The van der Waals surface area contributed by atoms with Crippen LogP contribution in [0.3, 0.4) is 0 Å². The summed E-state index contributed by atoms with van der Waals surface area (Å²) >= 11 is 2.79. The standard InChI is InChI=1S/C25H23N3O2S2/c29-23(15-21-17-32-25(27-21)28-24(30)20-12-14-31-16-20)26-13-11-22(18-7-3-1-4-8-18)19-9-5-2-6-10-19/h1-10,12,14,16-17,22H,11,13,15H2,(H,26,29)(H,27,28,30). The van der Waals surface area contributed by atoms with Gasteiger partial charge in [-0.2, -0.15) is 11.3 Å². The number of aromatic nitrogens is 1. The highest BCUT2D eigenvalue weighted by molar-refractivity contribution is 7.14. The maximum absolute atomic E-state index is 12.5. The van der Waals surface area contributed by atoms with Crippen molar-refractivity contribution in [3.05, 3.63) is 105 Å². The first kappa shape index (κ1) is 21.9. The molecule has 4 aromatic rings. The predicted octanol–water partition coefficient (Wildman–Crippen LogP) is 5.34. The molecule has 2 aromatic carbocycles. The molecule has 0 bridgehead atoms. The molecule has 2 N–H and O–H groups in total. The minimum atomic E-state index is -0.190. The van der Waals surface area contributed by atoms with Gasteiger partial charge in [0.15, 0.2) is 5.13 Å². The van der Waals surface area contributed by atoms with Crippen molar-refractivity contribution in [3.8, 4) is 0 Å². The number of hydrogen-bond donors (Lipinski definition) is 2. The first-order chi connectivity index (χ1) is 15.7. The Morgan fingerprint density at radius 1 is 0.906 bits per heavy atom. The van der Waals surface area contributed by atoms with E-state index >= 15 is 0 Å². The number of nitrogens with one attached hydrogen (secondary N) is 2. The van der Waals surface area contributed by atoms with Gasteiger partial charge >= 0.3 is 0 Å². The number of benzene rings is 2. The van der Waals surface area contributed by atoms with Crippen molar-refractivity contribution < 1.29 is 9.59 Å². The minimum Gasteiger partial charge on any atom is -0.356 e. The second-order valence-corrected chi connectivity index (χ2v) is 8.94. The van der Waals surface area contributed by atoms with Gasteiger partial charge in [-0.3, -0.25) is 14.9 Å². The second-order valence-electron chi connectivity index (χ2n) is 7.30. The first-order valence-corrected chi connectivity index (χ1v) is 12.2. The number of amides is 2. The van der Waals surface area contributed by atoms with Crippen molar-refractivity contribution in [3.63, 3.8) is 0 Å². The van der Waals surface area contributed by atoms with Crippen molar-refractivity contribution >= 4 is 39.6 Å². The fraction of sp³-hybridized carbons (Fsp3) is 0.160. The molecule has 0 radical (unpaired) electrons. The third-order valence-corrected chi connectivity index (χ3v) is 6.55. The molecule has 0 atom stereocenters. The highest BCUT2D eigenvalue weighted by Gasteiger charge is 2.15. The van der Waals surface area contributed by atoms with Crippen LogP contribution in [0.4, 0.5) is 5.13 Å². The van der Waals surface area contributed by atoms with Crippen LogP contribution in [-0.2, 0) is 11.2 Å². The average Bonchev–Trinajstić information content (AvgIpc) is 3.50. The molecule has 7 heteroatoms. The zero-order chi connectivity index (χ0) is 22.2. The van der Waals surface area contributed by atoms with Crippen molar-refractivity contribution in [1.29, 1.82) is 0 Å². The van der Waals surface area contributed by atoms with Crippen LogP contribution in [0.15, 0.2) is 82.9 Å². The summed E-state index contributed by atoms with van der Waals surface area (Å²) in [7, 11) is 0. The smallest absolute Gasteiger partial charge is 0.258 e. The van der Waals surface area contributed by atoms with E-state index in [2.05, 4.69) is 39.9 Å². The quantitative estimate of drug-likeness (QED) is 0.354. The van der Waals surface area contributed by atoms with Crippen LogP contribution in [-0.4, -0.2) is 23.3 Å². The monoisotopic (exact) mass is 461 g/mol. The maximum atomic E-state index is 12.5. The molecule has 32 heavy (non-hydrogen) atoms. The number of rotatable bonds is 9. The highest BCUT2D eigenvalue weighted by Crippen LogP contribution is 2.27. The van der Waals surface area contributed by atoms with Gasteiger partial charge in [0.1, 0.15) is 0 Å². The SMILES string of the molecule is O=C(Cc1csc(NC(=O)c2ccsc2)n1)NCCC(c1ccccc1)c1ccccc1. The highest BCUT2D eigenvalue weighted by atomic mass is 32.1. The fourth-order valence-corrected chi connectivity index (χ4v) is 4.83. The summed E-state index contributed by atoms with van der Waals surface area (Å²) in [5.41, 5.74) is 3.73. The van der Waals surface area contributed by atoms with Gasteiger partial charge in [-0.15, -0.1) is 11.3 Å². The maximum Gasteiger partial charge on any atom is 0.258 e. The lowest BCUT2D eigenvalue weighted by Crippen LogP contribution is -2.27. The Bertz CT molecular complexity index is 1100. The van der Waals surface area contributed by atoms with Crippen molar-refractivity contribution in [2.75, 3.05) is 11.9 Å². The fourth-order valence-electron chi connectivity index (χ4n) is 3.49. The Morgan fingerprint density at radius 2 is 1.59 bits per heavy atom. The number of thiazole rings is 1. The number of carbonyl (C=O) groups excluding carboxylic acids is 2. The molecular weight excluding hydrogens is 438 g/mol. The largest absolute Gasteiger partial charge is 0.356 e. The Hall–Kier alpha value is -3.29. The molecule has 0 aliphatic heterocycles. The summed E-state index contributed by atoms with van der Waals surface area (Å²) in [6.45, 7) is 0.569. The Kier molecular flexibility index (Phi) is 7.42. The summed E-state index contributed by atoms with van der Waals surface area (Å²) in [6.07, 6.45) is 0.991. The third-order valence-electron chi connectivity index (χ3n) is 5.06. The molecule has 2 aromatic heterocycles.